The highest BCUT2D eigenvalue weighted by Gasteiger charge is 2.25. The predicted octanol–water partition coefficient (Wildman–Crippen LogP) is 3.46. The standard InChI is InChI=1S/C21H35N5OS.HI/c1-5-22-21(26-9-11-28-19(15-26)16(2)3)24-13-18-6-7-20(23-12-18)25-8-10-27-17(4)14-25;/h6-7,12,16-17,19H,5,8-11,13-15H2,1-4H3,(H,22,24);1H. The predicted molar refractivity (Wildman–Crippen MR) is 135 cm³/mol. The number of hydrogen-bond donors (Lipinski definition) is 1. The van der Waals surface area contributed by atoms with Gasteiger partial charge in [-0.25, -0.2) is 9.98 Å². The van der Waals surface area contributed by atoms with Gasteiger partial charge in [-0.3, -0.25) is 0 Å². The first-order valence-electron chi connectivity index (χ1n) is 10.5. The molecule has 2 aliphatic heterocycles. The summed E-state index contributed by atoms with van der Waals surface area (Å²) in [4.78, 5) is 14.3. The Morgan fingerprint density at radius 1 is 1.34 bits per heavy atom. The van der Waals surface area contributed by atoms with Crippen LogP contribution in [0.25, 0.3) is 0 Å². The molecule has 3 heterocycles. The van der Waals surface area contributed by atoms with Gasteiger partial charge in [0.2, 0.25) is 0 Å². The first-order chi connectivity index (χ1) is 13.6. The Labute approximate surface area is 197 Å². The summed E-state index contributed by atoms with van der Waals surface area (Å²) in [5, 5.41) is 4.15. The minimum atomic E-state index is 0. The molecule has 29 heavy (non-hydrogen) atoms. The lowest BCUT2D eigenvalue weighted by molar-refractivity contribution is 0.0529. The van der Waals surface area contributed by atoms with Crippen molar-refractivity contribution in [3.8, 4) is 0 Å². The molecular weight excluding hydrogens is 497 g/mol. The zero-order valence-corrected chi connectivity index (χ0v) is 21.3. The fourth-order valence-electron chi connectivity index (χ4n) is 3.59. The van der Waals surface area contributed by atoms with Crippen molar-refractivity contribution in [3.63, 3.8) is 0 Å². The van der Waals surface area contributed by atoms with Crippen molar-refractivity contribution in [2.24, 2.45) is 10.9 Å². The average molecular weight is 534 g/mol. The van der Waals surface area contributed by atoms with Crippen molar-refractivity contribution in [1.29, 1.82) is 0 Å². The molecule has 164 valence electrons. The second-order valence-corrected chi connectivity index (χ2v) is 9.27. The summed E-state index contributed by atoms with van der Waals surface area (Å²) in [6.07, 6.45) is 2.23. The van der Waals surface area contributed by atoms with Gasteiger partial charge in [0, 0.05) is 49.9 Å². The van der Waals surface area contributed by atoms with Gasteiger partial charge >= 0.3 is 0 Å². The number of anilines is 1. The van der Waals surface area contributed by atoms with E-state index < -0.39 is 0 Å². The SMILES string of the molecule is CCNC(=NCc1ccc(N2CCOC(C)C2)nc1)N1CCSC(C(C)C)C1.I. The van der Waals surface area contributed by atoms with Crippen LogP contribution in [0.1, 0.15) is 33.3 Å². The van der Waals surface area contributed by atoms with Crippen LogP contribution in [-0.2, 0) is 11.3 Å². The molecule has 2 atom stereocenters. The maximum Gasteiger partial charge on any atom is 0.194 e. The van der Waals surface area contributed by atoms with Crippen LogP contribution in [0.5, 0.6) is 0 Å². The molecule has 0 radical (unpaired) electrons. The van der Waals surface area contributed by atoms with E-state index in [0.29, 0.717) is 17.7 Å². The zero-order chi connectivity index (χ0) is 19.9. The van der Waals surface area contributed by atoms with E-state index in [1.165, 1.54) is 5.75 Å². The molecule has 0 spiro atoms. The number of rotatable bonds is 5. The van der Waals surface area contributed by atoms with Gasteiger partial charge < -0.3 is 19.9 Å². The summed E-state index contributed by atoms with van der Waals surface area (Å²) in [6, 6.07) is 4.26. The van der Waals surface area contributed by atoms with Crippen LogP contribution in [0.4, 0.5) is 5.82 Å². The summed E-state index contributed by atoms with van der Waals surface area (Å²) < 4.78 is 5.62. The summed E-state index contributed by atoms with van der Waals surface area (Å²) in [6.45, 7) is 15.1. The van der Waals surface area contributed by atoms with Crippen LogP contribution in [0.2, 0.25) is 0 Å². The molecule has 0 aliphatic carbocycles. The highest BCUT2D eigenvalue weighted by atomic mass is 127. The monoisotopic (exact) mass is 533 g/mol. The van der Waals surface area contributed by atoms with Gasteiger partial charge in [0.1, 0.15) is 5.82 Å². The summed E-state index contributed by atoms with van der Waals surface area (Å²) in [7, 11) is 0. The fraction of sp³-hybridized carbons (Fsp3) is 0.714. The Morgan fingerprint density at radius 3 is 2.83 bits per heavy atom. The normalized spacial score (nSPS) is 23.1. The van der Waals surface area contributed by atoms with Gasteiger partial charge in [-0.1, -0.05) is 19.9 Å². The third-order valence-electron chi connectivity index (χ3n) is 5.26. The van der Waals surface area contributed by atoms with Crippen molar-refractivity contribution in [1.82, 2.24) is 15.2 Å². The largest absolute Gasteiger partial charge is 0.375 e. The molecule has 8 heteroatoms. The van der Waals surface area contributed by atoms with Gasteiger partial charge in [0.05, 0.1) is 19.3 Å². The maximum absolute atomic E-state index is 5.62. The number of aromatic nitrogens is 1. The van der Waals surface area contributed by atoms with Crippen molar-refractivity contribution in [3.05, 3.63) is 23.9 Å². The smallest absolute Gasteiger partial charge is 0.194 e. The lowest BCUT2D eigenvalue weighted by atomic mass is 10.1. The lowest BCUT2D eigenvalue weighted by Crippen LogP contribution is -2.49. The number of guanidine groups is 1. The van der Waals surface area contributed by atoms with Gasteiger partial charge in [0.25, 0.3) is 0 Å². The molecular formula is C21H36IN5OS. The number of ether oxygens (including phenoxy) is 1. The minimum Gasteiger partial charge on any atom is -0.375 e. The van der Waals surface area contributed by atoms with Crippen molar-refractivity contribution in [2.75, 3.05) is 50.0 Å². The van der Waals surface area contributed by atoms with Gasteiger partial charge in [0.15, 0.2) is 5.96 Å². The van der Waals surface area contributed by atoms with Crippen molar-refractivity contribution < 1.29 is 4.74 Å². The fourth-order valence-corrected chi connectivity index (χ4v) is 4.89. The van der Waals surface area contributed by atoms with E-state index >= 15 is 0 Å². The van der Waals surface area contributed by atoms with Crippen LogP contribution in [0.3, 0.4) is 0 Å². The van der Waals surface area contributed by atoms with E-state index in [0.717, 1.165) is 56.7 Å². The summed E-state index contributed by atoms with van der Waals surface area (Å²) >= 11 is 2.09. The van der Waals surface area contributed by atoms with Gasteiger partial charge in [-0.2, -0.15) is 11.8 Å². The van der Waals surface area contributed by atoms with E-state index in [4.69, 9.17) is 9.73 Å². The molecule has 1 N–H and O–H groups in total. The molecule has 2 aliphatic rings. The van der Waals surface area contributed by atoms with E-state index in [-0.39, 0.29) is 30.1 Å². The molecule has 3 rings (SSSR count). The molecule has 0 saturated carbocycles. The lowest BCUT2D eigenvalue weighted by Gasteiger charge is -2.36. The Hall–Kier alpha value is -0.740. The Balaban J connectivity index is 0.00000300. The number of nitrogens with one attached hydrogen (secondary N) is 1. The maximum atomic E-state index is 5.62. The topological polar surface area (TPSA) is 53.0 Å². The molecule has 2 fully saturated rings. The number of morpholine rings is 1. The van der Waals surface area contributed by atoms with Crippen molar-refractivity contribution >= 4 is 47.5 Å². The molecule has 0 bridgehead atoms. The second kappa shape index (κ2) is 12.2. The van der Waals surface area contributed by atoms with E-state index in [2.05, 4.69) is 71.7 Å². The molecule has 2 saturated heterocycles. The van der Waals surface area contributed by atoms with Crippen LogP contribution in [0, 0.1) is 5.92 Å². The molecule has 0 aromatic carbocycles. The number of pyridine rings is 1. The average Bonchev–Trinajstić information content (AvgIpc) is 2.71. The number of hydrogen-bond acceptors (Lipinski definition) is 5. The first-order valence-corrected chi connectivity index (χ1v) is 11.6. The van der Waals surface area contributed by atoms with Crippen LogP contribution >= 0.6 is 35.7 Å². The molecule has 6 nitrogen and oxygen atoms in total. The summed E-state index contributed by atoms with van der Waals surface area (Å²) in [5.74, 6) is 3.92. The Morgan fingerprint density at radius 2 is 2.17 bits per heavy atom. The quantitative estimate of drug-likeness (QED) is 0.356. The van der Waals surface area contributed by atoms with Crippen molar-refractivity contribution in [2.45, 2.75) is 45.6 Å². The highest BCUT2D eigenvalue weighted by molar-refractivity contribution is 14.0. The van der Waals surface area contributed by atoms with E-state index in [1.807, 2.05) is 6.20 Å². The third kappa shape index (κ3) is 7.17. The summed E-state index contributed by atoms with van der Waals surface area (Å²) in [5.41, 5.74) is 1.15. The van der Waals surface area contributed by atoms with Crippen LogP contribution in [0.15, 0.2) is 23.3 Å². The highest BCUT2D eigenvalue weighted by Crippen LogP contribution is 2.25. The Kier molecular flexibility index (Phi) is 10.3. The van der Waals surface area contributed by atoms with E-state index in [1.54, 1.807) is 0 Å². The van der Waals surface area contributed by atoms with Crippen LogP contribution in [-0.4, -0.2) is 72.3 Å². The number of halogens is 1. The van der Waals surface area contributed by atoms with E-state index in [9.17, 15) is 0 Å². The molecule has 1 aromatic rings. The molecule has 1 aromatic heterocycles. The number of nitrogens with zero attached hydrogens (tertiary/aromatic N) is 4. The number of aliphatic imine (C=N–C) groups is 1. The minimum absolute atomic E-state index is 0. The Bertz CT molecular complexity index is 642. The third-order valence-corrected chi connectivity index (χ3v) is 6.80. The first kappa shape index (κ1) is 24.5. The van der Waals surface area contributed by atoms with Gasteiger partial charge in [-0.15, -0.1) is 24.0 Å². The van der Waals surface area contributed by atoms with Gasteiger partial charge in [-0.05, 0) is 31.4 Å². The van der Waals surface area contributed by atoms with Crippen LogP contribution < -0.4 is 10.2 Å². The molecule has 2 unspecified atom stereocenters. The molecule has 0 amide bonds. The zero-order valence-electron chi connectivity index (χ0n) is 18.1. The second-order valence-electron chi connectivity index (χ2n) is 7.92. The number of thioether (sulfide) groups is 1.